The molecule has 2 aromatic carbocycles. The van der Waals surface area contributed by atoms with E-state index >= 15 is 0 Å². The first-order valence-electron chi connectivity index (χ1n) is 7.98. The van der Waals surface area contributed by atoms with Gasteiger partial charge in [-0.15, -0.1) is 0 Å². The number of hydrogen-bond donors (Lipinski definition) is 2. The highest BCUT2D eigenvalue weighted by Crippen LogP contribution is 2.26. The van der Waals surface area contributed by atoms with Crippen LogP contribution in [0.15, 0.2) is 42.5 Å². The third-order valence-electron chi connectivity index (χ3n) is 3.88. The number of nitrogens with one attached hydrogen (secondary N) is 2. The summed E-state index contributed by atoms with van der Waals surface area (Å²) in [5.74, 6) is -0.323. The van der Waals surface area contributed by atoms with E-state index < -0.39 is 12.0 Å². The van der Waals surface area contributed by atoms with Gasteiger partial charge in [0.1, 0.15) is 11.8 Å². The maximum atomic E-state index is 12.8. The van der Waals surface area contributed by atoms with E-state index in [2.05, 4.69) is 10.6 Å². The summed E-state index contributed by atoms with van der Waals surface area (Å²) in [5, 5.41) is 6.40. The molecule has 0 aliphatic heterocycles. The van der Waals surface area contributed by atoms with Gasteiger partial charge in [-0.25, -0.2) is 0 Å². The summed E-state index contributed by atoms with van der Waals surface area (Å²) in [5.41, 5.74) is 1.93. The highest BCUT2D eigenvalue weighted by atomic mass is 35.5. The second-order valence-electron chi connectivity index (χ2n) is 5.58. The summed E-state index contributed by atoms with van der Waals surface area (Å²) >= 11 is 6.10. The number of ether oxygens (including phenoxy) is 2. The van der Waals surface area contributed by atoms with Gasteiger partial charge >= 0.3 is 5.97 Å². The van der Waals surface area contributed by atoms with Crippen LogP contribution in [0, 0.1) is 6.92 Å². The first-order chi connectivity index (χ1) is 12.5. The zero-order valence-corrected chi connectivity index (χ0v) is 15.6. The number of esters is 1. The smallest absolute Gasteiger partial charge is 0.308 e. The van der Waals surface area contributed by atoms with Crippen molar-refractivity contribution in [2.24, 2.45) is 0 Å². The standard InChI is InChI=1S/C19H21ClN2O4/c1-12-13(20)7-6-9-14(12)22-19(24)16(11-18(23)26-3)21-15-8-4-5-10-17(15)25-2/h4-10,16,21H,11H2,1-3H3,(H,22,24)/t16-/m1/s1. The van der Waals surface area contributed by atoms with Crippen LogP contribution in [-0.4, -0.2) is 32.1 Å². The van der Waals surface area contributed by atoms with Gasteiger partial charge in [0, 0.05) is 10.7 Å². The zero-order valence-electron chi connectivity index (χ0n) is 14.8. The average molecular weight is 377 g/mol. The van der Waals surface area contributed by atoms with Crippen molar-refractivity contribution < 1.29 is 19.1 Å². The van der Waals surface area contributed by atoms with E-state index in [0.29, 0.717) is 22.1 Å². The normalized spacial score (nSPS) is 11.4. The van der Waals surface area contributed by atoms with E-state index in [1.165, 1.54) is 14.2 Å². The van der Waals surface area contributed by atoms with Gasteiger partial charge in [-0.05, 0) is 36.8 Å². The molecule has 0 aliphatic rings. The first kappa shape index (κ1) is 19.6. The number of anilines is 2. The number of rotatable bonds is 7. The van der Waals surface area contributed by atoms with Gasteiger partial charge < -0.3 is 20.1 Å². The summed E-state index contributed by atoms with van der Waals surface area (Å²) < 4.78 is 9.99. The maximum absolute atomic E-state index is 12.8. The Bertz CT molecular complexity index is 795. The molecule has 1 amide bonds. The Morgan fingerprint density at radius 3 is 2.46 bits per heavy atom. The van der Waals surface area contributed by atoms with Crippen LogP contribution in [0.3, 0.4) is 0 Å². The van der Waals surface area contributed by atoms with E-state index in [1.807, 2.05) is 6.07 Å². The minimum Gasteiger partial charge on any atom is -0.495 e. The summed E-state index contributed by atoms with van der Waals surface area (Å²) in [4.78, 5) is 24.5. The molecule has 0 spiro atoms. The van der Waals surface area contributed by atoms with Crippen LogP contribution >= 0.6 is 11.6 Å². The molecule has 0 fully saturated rings. The van der Waals surface area contributed by atoms with Crippen LogP contribution < -0.4 is 15.4 Å². The molecule has 138 valence electrons. The molecule has 2 aromatic rings. The van der Waals surface area contributed by atoms with Gasteiger partial charge in [0.15, 0.2) is 0 Å². The fourth-order valence-corrected chi connectivity index (χ4v) is 2.55. The quantitative estimate of drug-likeness (QED) is 0.721. The number of amides is 1. The molecule has 0 saturated carbocycles. The lowest BCUT2D eigenvalue weighted by atomic mass is 10.1. The van der Waals surface area contributed by atoms with Gasteiger partial charge in [-0.2, -0.15) is 0 Å². The fourth-order valence-electron chi connectivity index (χ4n) is 2.37. The second kappa shape index (κ2) is 9.10. The SMILES string of the molecule is COC(=O)C[C@@H](Nc1ccccc1OC)C(=O)Nc1cccc(Cl)c1C. The molecule has 6 nitrogen and oxygen atoms in total. The lowest BCUT2D eigenvalue weighted by Gasteiger charge is -2.20. The minimum absolute atomic E-state index is 0.139. The molecule has 2 N–H and O–H groups in total. The van der Waals surface area contributed by atoms with Crippen molar-refractivity contribution in [1.82, 2.24) is 0 Å². The molecule has 0 radical (unpaired) electrons. The molecular formula is C19H21ClN2O4. The van der Waals surface area contributed by atoms with Gasteiger partial charge in [0.25, 0.3) is 0 Å². The second-order valence-corrected chi connectivity index (χ2v) is 5.99. The number of carbonyl (C=O) groups excluding carboxylic acids is 2. The zero-order chi connectivity index (χ0) is 19.1. The molecule has 0 heterocycles. The van der Waals surface area contributed by atoms with Crippen LogP contribution in [0.1, 0.15) is 12.0 Å². The number of para-hydroxylation sites is 2. The molecule has 0 bridgehead atoms. The summed E-state index contributed by atoms with van der Waals surface area (Å²) in [6, 6.07) is 11.5. The summed E-state index contributed by atoms with van der Waals surface area (Å²) in [6.07, 6.45) is -0.139. The summed E-state index contributed by atoms with van der Waals surface area (Å²) in [7, 11) is 2.81. The number of halogens is 1. The number of methoxy groups -OCH3 is 2. The number of carbonyl (C=O) groups is 2. The molecule has 26 heavy (non-hydrogen) atoms. The molecular weight excluding hydrogens is 356 g/mol. The van der Waals surface area contributed by atoms with Gasteiger partial charge in [-0.1, -0.05) is 29.8 Å². The highest BCUT2D eigenvalue weighted by Gasteiger charge is 2.24. The Hall–Kier alpha value is -2.73. The van der Waals surface area contributed by atoms with Gasteiger partial charge in [0.2, 0.25) is 5.91 Å². The van der Waals surface area contributed by atoms with Crippen LogP contribution in [-0.2, 0) is 14.3 Å². The largest absolute Gasteiger partial charge is 0.495 e. The van der Waals surface area contributed by atoms with Crippen LogP contribution in [0.5, 0.6) is 5.75 Å². The van der Waals surface area contributed by atoms with Crippen molar-refractivity contribution >= 4 is 34.9 Å². The molecule has 1 atom stereocenters. The van der Waals surface area contributed by atoms with Crippen LogP contribution in [0.25, 0.3) is 0 Å². The predicted octanol–water partition coefficient (Wildman–Crippen LogP) is 3.64. The lowest BCUT2D eigenvalue weighted by Crippen LogP contribution is -2.37. The molecule has 0 aromatic heterocycles. The maximum Gasteiger partial charge on any atom is 0.308 e. The van der Waals surface area contributed by atoms with Crippen molar-refractivity contribution in [1.29, 1.82) is 0 Å². The monoisotopic (exact) mass is 376 g/mol. The molecule has 2 rings (SSSR count). The van der Waals surface area contributed by atoms with Crippen molar-refractivity contribution in [3.8, 4) is 5.75 Å². The lowest BCUT2D eigenvalue weighted by molar-refractivity contribution is -0.142. The number of benzene rings is 2. The molecule has 0 aliphatic carbocycles. The Balaban J connectivity index is 2.24. The molecule has 7 heteroatoms. The van der Waals surface area contributed by atoms with Gasteiger partial charge in [-0.3, -0.25) is 9.59 Å². The third kappa shape index (κ3) is 4.89. The summed E-state index contributed by atoms with van der Waals surface area (Å²) in [6.45, 7) is 1.81. The first-order valence-corrected chi connectivity index (χ1v) is 8.36. The topological polar surface area (TPSA) is 76.7 Å². The van der Waals surface area contributed by atoms with Crippen molar-refractivity contribution in [2.45, 2.75) is 19.4 Å². The van der Waals surface area contributed by atoms with Gasteiger partial charge in [0.05, 0.1) is 26.3 Å². The Morgan fingerprint density at radius 1 is 1.08 bits per heavy atom. The van der Waals surface area contributed by atoms with Crippen LogP contribution in [0.4, 0.5) is 11.4 Å². The fraction of sp³-hybridized carbons (Fsp3) is 0.263. The average Bonchev–Trinajstić information content (AvgIpc) is 2.65. The van der Waals surface area contributed by atoms with E-state index in [0.717, 1.165) is 5.56 Å². The van der Waals surface area contributed by atoms with E-state index in [1.54, 1.807) is 43.3 Å². The minimum atomic E-state index is -0.850. The Kier molecular flexibility index (Phi) is 6.86. The predicted molar refractivity (Wildman–Crippen MR) is 102 cm³/mol. The molecule has 0 unspecified atom stereocenters. The van der Waals surface area contributed by atoms with Crippen molar-refractivity contribution in [3.63, 3.8) is 0 Å². The van der Waals surface area contributed by atoms with Crippen molar-refractivity contribution in [2.75, 3.05) is 24.9 Å². The number of hydrogen-bond acceptors (Lipinski definition) is 5. The van der Waals surface area contributed by atoms with Crippen LogP contribution in [0.2, 0.25) is 5.02 Å². The molecule has 0 saturated heterocycles. The Labute approximate surface area is 157 Å². The Morgan fingerprint density at radius 2 is 1.77 bits per heavy atom. The van der Waals surface area contributed by atoms with E-state index in [4.69, 9.17) is 21.1 Å². The third-order valence-corrected chi connectivity index (χ3v) is 4.29. The van der Waals surface area contributed by atoms with E-state index in [-0.39, 0.29) is 12.3 Å². The van der Waals surface area contributed by atoms with E-state index in [9.17, 15) is 9.59 Å². The highest BCUT2D eigenvalue weighted by molar-refractivity contribution is 6.31. The van der Waals surface area contributed by atoms with Crippen molar-refractivity contribution in [3.05, 3.63) is 53.1 Å².